The topological polar surface area (TPSA) is 84.9 Å². The first-order valence-electron chi connectivity index (χ1n) is 7.41. The molecule has 23 heavy (non-hydrogen) atoms. The van der Waals surface area contributed by atoms with E-state index in [1.165, 1.54) is 0 Å². The van der Waals surface area contributed by atoms with Crippen LogP contribution in [0.3, 0.4) is 0 Å². The highest BCUT2D eigenvalue weighted by Crippen LogP contribution is 2.03. The number of ether oxygens (including phenoxy) is 2. The Bertz CT molecular complexity index is 421. The van der Waals surface area contributed by atoms with Gasteiger partial charge in [0.25, 0.3) is 0 Å². The summed E-state index contributed by atoms with van der Waals surface area (Å²) in [5, 5.41) is 11.8. The molecule has 2 N–H and O–H groups in total. The molecule has 6 heteroatoms. The van der Waals surface area contributed by atoms with Crippen LogP contribution in [0.4, 0.5) is 0 Å². The minimum atomic E-state index is -0.608. The summed E-state index contributed by atoms with van der Waals surface area (Å²) in [6.45, 7) is 19.5. The summed E-state index contributed by atoms with van der Waals surface area (Å²) in [5.74, 6) is -0.815. The van der Waals surface area contributed by atoms with E-state index in [0.29, 0.717) is 11.1 Å². The monoisotopic (exact) mass is 329 g/mol. The highest BCUT2D eigenvalue weighted by molar-refractivity contribution is 5.87. The number of aliphatic hydroxyl groups excluding tert-OH is 1. The maximum absolute atomic E-state index is 11.1. The molecule has 0 bridgehead atoms. The molecule has 0 aromatic rings. The maximum atomic E-state index is 11.1. The normalized spacial score (nSPS) is 13.0. The molecule has 0 aromatic heterocycles. The quantitative estimate of drug-likeness (QED) is 0.442. The molecule has 0 saturated heterocycles. The van der Waals surface area contributed by atoms with E-state index in [1.54, 1.807) is 27.7 Å². The van der Waals surface area contributed by atoms with Crippen molar-refractivity contribution < 1.29 is 24.2 Å². The zero-order valence-electron chi connectivity index (χ0n) is 15.4. The lowest BCUT2D eigenvalue weighted by atomic mass is 10.1. The fourth-order valence-corrected chi connectivity index (χ4v) is 1.22. The second-order valence-electron chi connectivity index (χ2n) is 6.45. The Kier molecular flexibility index (Phi) is 11.3. The van der Waals surface area contributed by atoms with Gasteiger partial charge in [0.15, 0.2) is 6.23 Å². The third-order valence-corrected chi connectivity index (χ3v) is 2.07. The molecule has 0 aliphatic rings. The lowest BCUT2D eigenvalue weighted by Crippen LogP contribution is -2.44. The Morgan fingerprint density at radius 1 is 1.09 bits per heavy atom. The standard InChI is InChI=1S/C10H19NO2.C7H12O3/c1-7(2)9(12)13-8(3)11-10(4,5)6;1-5(2)7(9)10-4-6(3)8/h8,11H,1H2,2-6H3;6,8H,1,4H2,2-3H3. The van der Waals surface area contributed by atoms with E-state index in [9.17, 15) is 9.59 Å². The predicted molar refractivity (Wildman–Crippen MR) is 90.7 cm³/mol. The van der Waals surface area contributed by atoms with Crippen LogP contribution in [0.5, 0.6) is 0 Å². The molecule has 0 heterocycles. The van der Waals surface area contributed by atoms with Crippen LogP contribution in [0.1, 0.15) is 48.5 Å². The van der Waals surface area contributed by atoms with Crippen molar-refractivity contribution in [1.82, 2.24) is 5.32 Å². The lowest BCUT2D eigenvalue weighted by Gasteiger charge is -2.25. The van der Waals surface area contributed by atoms with E-state index < -0.39 is 12.1 Å². The van der Waals surface area contributed by atoms with Crippen molar-refractivity contribution in [3.63, 3.8) is 0 Å². The lowest BCUT2D eigenvalue weighted by molar-refractivity contribution is -0.145. The third kappa shape index (κ3) is 16.5. The van der Waals surface area contributed by atoms with Gasteiger partial charge < -0.3 is 14.6 Å². The zero-order valence-corrected chi connectivity index (χ0v) is 15.4. The number of aliphatic hydroxyl groups is 1. The predicted octanol–water partition coefficient (Wildman–Crippen LogP) is 2.33. The first-order chi connectivity index (χ1) is 10.3. The van der Waals surface area contributed by atoms with Crippen LogP contribution in [0.15, 0.2) is 24.3 Å². The second-order valence-corrected chi connectivity index (χ2v) is 6.45. The Morgan fingerprint density at radius 3 is 1.83 bits per heavy atom. The highest BCUT2D eigenvalue weighted by Gasteiger charge is 2.16. The molecule has 0 rings (SSSR count). The molecule has 2 unspecified atom stereocenters. The largest absolute Gasteiger partial charge is 0.460 e. The molecule has 6 nitrogen and oxygen atoms in total. The van der Waals surface area contributed by atoms with Crippen molar-refractivity contribution >= 4 is 11.9 Å². The second kappa shape index (κ2) is 11.0. The average molecular weight is 329 g/mol. The van der Waals surface area contributed by atoms with Gasteiger partial charge in [-0.3, -0.25) is 5.32 Å². The molecule has 0 aliphatic carbocycles. The molecule has 0 amide bonds. The van der Waals surface area contributed by atoms with Gasteiger partial charge in [-0.05, 0) is 48.5 Å². The van der Waals surface area contributed by atoms with Gasteiger partial charge in [0.05, 0.1) is 6.10 Å². The summed E-state index contributed by atoms with van der Waals surface area (Å²) < 4.78 is 9.61. The fraction of sp³-hybridized carbons (Fsp3) is 0.647. The van der Waals surface area contributed by atoms with Gasteiger partial charge >= 0.3 is 11.9 Å². The number of hydrogen-bond acceptors (Lipinski definition) is 6. The zero-order chi connectivity index (χ0) is 18.8. The van der Waals surface area contributed by atoms with Crippen molar-refractivity contribution in [2.24, 2.45) is 0 Å². The fourth-order valence-electron chi connectivity index (χ4n) is 1.22. The summed E-state index contributed by atoms with van der Waals surface area (Å²) in [6.07, 6.45) is -0.896. The Hall–Kier alpha value is -1.66. The third-order valence-electron chi connectivity index (χ3n) is 2.07. The van der Waals surface area contributed by atoms with E-state index in [0.717, 1.165) is 0 Å². The first-order valence-corrected chi connectivity index (χ1v) is 7.41. The Morgan fingerprint density at radius 2 is 1.52 bits per heavy atom. The van der Waals surface area contributed by atoms with E-state index in [2.05, 4.69) is 23.2 Å². The van der Waals surface area contributed by atoms with E-state index in [1.807, 2.05) is 20.8 Å². The molecule has 0 spiro atoms. The molecule has 0 aliphatic heterocycles. The summed E-state index contributed by atoms with van der Waals surface area (Å²) >= 11 is 0. The van der Waals surface area contributed by atoms with E-state index in [4.69, 9.17) is 9.84 Å². The SMILES string of the molecule is C=C(C)C(=O)OC(C)NC(C)(C)C.C=C(C)C(=O)OCC(C)O. The van der Waals surface area contributed by atoms with Crippen LogP contribution >= 0.6 is 0 Å². The number of rotatable bonds is 6. The van der Waals surface area contributed by atoms with Gasteiger partial charge in [-0.15, -0.1) is 0 Å². The minimum absolute atomic E-state index is 0.0334. The van der Waals surface area contributed by atoms with Crippen LogP contribution in [0.25, 0.3) is 0 Å². The van der Waals surface area contributed by atoms with Crippen molar-refractivity contribution in [3.8, 4) is 0 Å². The number of carbonyl (C=O) groups is 2. The Labute approximate surface area is 139 Å². The molecular weight excluding hydrogens is 298 g/mol. The molecule has 134 valence electrons. The number of nitrogens with one attached hydrogen (secondary N) is 1. The average Bonchev–Trinajstić information content (AvgIpc) is 2.33. The number of hydrogen-bond donors (Lipinski definition) is 2. The minimum Gasteiger partial charge on any atom is -0.460 e. The number of carbonyl (C=O) groups excluding carboxylic acids is 2. The smallest absolute Gasteiger partial charge is 0.334 e. The molecule has 2 atom stereocenters. The van der Waals surface area contributed by atoms with Crippen LogP contribution in [0.2, 0.25) is 0 Å². The molecule has 0 fully saturated rings. The number of esters is 2. The molecule has 0 saturated carbocycles. The van der Waals surface area contributed by atoms with Gasteiger partial charge in [-0.1, -0.05) is 13.2 Å². The maximum Gasteiger partial charge on any atom is 0.334 e. The van der Waals surface area contributed by atoms with Crippen molar-refractivity contribution in [2.45, 2.75) is 66.3 Å². The summed E-state index contributed by atoms with van der Waals surface area (Å²) in [5.41, 5.74) is 0.706. The summed E-state index contributed by atoms with van der Waals surface area (Å²) in [6, 6.07) is 0. The highest BCUT2D eigenvalue weighted by atomic mass is 16.6. The van der Waals surface area contributed by atoms with Crippen LogP contribution in [-0.2, 0) is 19.1 Å². The van der Waals surface area contributed by atoms with Crippen LogP contribution in [-0.4, -0.2) is 41.5 Å². The molecular formula is C17H31NO5. The first kappa shape index (κ1) is 23.6. The molecule has 0 radical (unpaired) electrons. The van der Waals surface area contributed by atoms with Gasteiger partial charge in [0.2, 0.25) is 0 Å². The summed E-state index contributed by atoms with van der Waals surface area (Å²) in [4.78, 5) is 21.7. The van der Waals surface area contributed by atoms with Gasteiger partial charge in [-0.25, -0.2) is 9.59 Å². The van der Waals surface area contributed by atoms with Crippen molar-refractivity contribution in [2.75, 3.05) is 6.61 Å². The van der Waals surface area contributed by atoms with Gasteiger partial charge in [0.1, 0.15) is 6.61 Å². The summed E-state index contributed by atoms with van der Waals surface area (Å²) in [7, 11) is 0. The van der Waals surface area contributed by atoms with Crippen molar-refractivity contribution in [3.05, 3.63) is 24.3 Å². The van der Waals surface area contributed by atoms with E-state index in [-0.39, 0.29) is 24.3 Å². The van der Waals surface area contributed by atoms with Crippen LogP contribution < -0.4 is 5.32 Å². The molecule has 0 aromatic carbocycles. The van der Waals surface area contributed by atoms with Gasteiger partial charge in [-0.2, -0.15) is 0 Å². The Balaban J connectivity index is 0. The van der Waals surface area contributed by atoms with Crippen molar-refractivity contribution in [1.29, 1.82) is 0 Å². The van der Waals surface area contributed by atoms with Crippen LogP contribution in [0, 0.1) is 0 Å². The van der Waals surface area contributed by atoms with Gasteiger partial charge in [0, 0.05) is 16.7 Å². The van der Waals surface area contributed by atoms with E-state index >= 15 is 0 Å².